The molecule has 0 aromatic carbocycles. The van der Waals surface area contributed by atoms with Gasteiger partial charge in [-0.25, -0.2) is 0 Å². The zero-order valence-corrected chi connectivity index (χ0v) is 6.17. The molecule has 0 amide bonds. The minimum absolute atomic E-state index is 0.0171. The Morgan fingerprint density at radius 3 is 2.45 bits per heavy atom. The summed E-state index contributed by atoms with van der Waals surface area (Å²) in [4.78, 5) is 0. The van der Waals surface area contributed by atoms with Crippen LogP contribution in [0.2, 0.25) is 0 Å². The first kappa shape index (κ1) is 8.89. The average Bonchev–Trinajstić information content (AvgIpc) is 2.01. The van der Waals surface area contributed by atoms with Crippen LogP contribution in [0.1, 0.15) is 0 Å². The standard InChI is InChI=1S/C6H12O5/c1-10-6-5(9)4(8)3(7)2-11-6/h3-9H,2H2,1H3/t3-,4+,5+,6+/m0/s1. The maximum absolute atomic E-state index is 9.15. The van der Waals surface area contributed by atoms with Gasteiger partial charge in [-0.3, -0.25) is 0 Å². The minimum Gasteiger partial charge on any atom is -0.388 e. The van der Waals surface area contributed by atoms with Crippen LogP contribution in [0.3, 0.4) is 0 Å². The van der Waals surface area contributed by atoms with E-state index in [1.807, 2.05) is 0 Å². The van der Waals surface area contributed by atoms with Gasteiger partial charge in [0, 0.05) is 7.11 Å². The Balaban J connectivity index is 2.52. The monoisotopic (exact) mass is 164 g/mol. The van der Waals surface area contributed by atoms with Crippen molar-refractivity contribution in [1.82, 2.24) is 0 Å². The molecule has 1 aliphatic rings. The second kappa shape index (κ2) is 3.46. The van der Waals surface area contributed by atoms with E-state index in [0.717, 1.165) is 0 Å². The Kier molecular flexibility index (Phi) is 2.80. The molecule has 1 aliphatic heterocycles. The van der Waals surface area contributed by atoms with Crippen molar-refractivity contribution < 1.29 is 24.8 Å². The Morgan fingerprint density at radius 1 is 1.27 bits per heavy atom. The Morgan fingerprint density at radius 2 is 1.91 bits per heavy atom. The molecular formula is C6H12O5. The van der Waals surface area contributed by atoms with Crippen LogP contribution in [0.25, 0.3) is 0 Å². The molecule has 0 aromatic heterocycles. The molecule has 1 saturated heterocycles. The molecule has 0 saturated carbocycles. The molecule has 5 nitrogen and oxygen atoms in total. The van der Waals surface area contributed by atoms with Crippen molar-refractivity contribution in [3.63, 3.8) is 0 Å². The molecule has 1 heterocycles. The highest BCUT2D eigenvalue weighted by Gasteiger charge is 2.37. The van der Waals surface area contributed by atoms with Gasteiger partial charge in [-0.15, -0.1) is 0 Å². The summed E-state index contributed by atoms with van der Waals surface area (Å²) >= 11 is 0. The first-order chi connectivity index (χ1) is 5.16. The lowest BCUT2D eigenvalue weighted by molar-refractivity contribution is -0.261. The van der Waals surface area contributed by atoms with Crippen LogP contribution >= 0.6 is 0 Å². The minimum atomic E-state index is -1.19. The third kappa shape index (κ3) is 1.69. The van der Waals surface area contributed by atoms with Gasteiger partial charge >= 0.3 is 0 Å². The summed E-state index contributed by atoms with van der Waals surface area (Å²) in [7, 11) is 1.36. The van der Waals surface area contributed by atoms with Crippen molar-refractivity contribution in [1.29, 1.82) is 0 Å². The van der Waals surface area contributed by atoms with Crippen LogP contribution in [0.5, 0.6) is 0 Å². The van der Waals surface area contributed by atoms with Crippen molar-refractivity contribution in [3.8, 4) is 0 Å². The van der Waals surface area contributed by atoms with E-state index in [2.05, 4.69) is 4.74 Å². The highest BCUT2D eigenvalue weighted by Crippen LogP contribution is 2.15. The van der Waals surface area contributed by atoms with Crippen LogP contribution in [0.15, 0.2) is 0 Å². The number of ether oxygens (including phenoxy) is 2. The van der Waals surface area contributed by atoms with E-state index in [-0.39, 0.29) is 6.61 Å². The number of rotatable bonds is 1. The van der Waals surface area contributed by atoms with E-state index in [1.165, 1.54) is 7.11 Å². The number of hydrogen-bond acceptors (Lipinski definition) is 5. The zero-order chi connectivity index (χ0) is 8.43. The predicted molar refractivity (Wildman–Crippen MR) is 34.8 cm³/mol. The number of aliphatic hydroxyl groups is 3. The maximum atomic E-state index is 9.15. The van der Waals surface area contributed by atoms with E-state index in [4.69, 9.17) is 20.1 Å². The SMILES string of the molecule is CO[C@@H]1OC[C@H](O)[C@@H](O)[C@H]1O. The second-order valence-electron chi connectivity index (χ2n) is 2.49. The summed E-state index contributed by atoms with van der Waals surface area (Å²) in [6.07, 6.45) is -4.23. The lowest BCUT2D eigenvalue weighted by atomic mass is 10.1. The third-order valence-electron chi connectivity index (χ3n) is 1.69. The van der Waals surface area contributed by atoms with Gasteiger partial charge in [0.2, 0.25) is 0 Å². The zero-order valence-electron chi connectivity index (χ0n) is 6.17. The van der Waals surface area contributed by atoms with E-state index >= 15 is 0 Å². The number of aliphatic hydroxyl groups excluding tert-OH is 3. The molecule has 5 heteroatoms. The fraction of sp³-hybridized carbons (Fsp3) is 1.00. The summed E-state index contributed by atoms with van der Waals surface area (Å²) in [5, 5.41) is 27.2. The molecular weight excluding hydrogens is 152 g/mol. The highest BCUT2D eigenvalue weighted by atomic mass is 16.7. The molecule has 0 bridgehead atoms. The smallest absolute Gasteiger partial charge is 0.185 e. The lowest BCUT2D eigenvalue weighted by Crippen LogP contribution is -2.53. The molecule has 0 aliphatic carbocycles. The molecule has 0 radical (unpaired) electrons. The van der Waals surface area contributed by atoms with E-state index in [9.17, 15) is 0 Å². The predicted octanol–water partition coefficient (Wildman–Crippen LogP) is -1.93. The summed E-state index contributed by atoms with van der Waals surface area (Å²) in [5.74, 6) is 0. The van der Waals surface area contributed by atoms with E-state index in [0.29, 0.717) is 0 Å². The van der Waals surface area contributed by atoms with E-state index < -0.39 is 24.6 Å². The molecule has 4 atom stereocenters. The number of methoxy groups -OCH3 is 1. The van der Waals surface area contributed by atoms with Crippen molar-refractivity contribution in [2.24, 2.45) is 0 Å². The first-order valence-corrected chi connectivity index (χ1v) is 3.35. The fourth-order valence-electron chi connectivity index (χ4n) is 0.987. The molecule has 1 rings (SSSR count). The largest absolute Gasteiger partial charge is 0.388 e. The van der Waals surface area contributed by atoms with Gasteiger partial charge in [-0.2, -0.15) is 0 Å². The molecule has 0 unspecified atom stereocenters. The Bertz CT molecular complexity index is 126. The van der Waals surface area contributed by atoms with Gasteiger partial charge in [0.25, 0.3) is 0 Å². The van der Waals surface area contributed by atoms with Crippen LogP contribution in [-0.2, 0) is 9.47 Å². The molecule has 1 fully saturated rings. The summed E-state index contributed by atoms with van der Waals surface area (Å²) in [5.41, 5.74) is 0. The van der Waals surface area contributed by atoms with E-state index in [1.54, 1.807) is 0 Å². The lowest BCUT2D eigenvalue weighted by Gasteiger charge is -2.33. The molecule has 66 valence electrons. The first-order valence-electron chi connectivity index (χ1n) is 3.35. The summed E-state index contributed by atoms with van der Waals surface area (Å²) in [6, 6.07) is 0. The van der Waals surface area contributed by atoms with Crippen LogP contribution in [0, 0.1) is 0 Å². The average molecular weight is 164 g/mol. The highest BCUT2D eigenvalue weighted by molar-refractivity contribution is 4.81. The van der Waals surface area contributed by atoms with Gasteiger partial charge in [0.05, 0.1) is 6.61 Å². The van der Waals surface area contributed by atoms with Crippen LogP contribution in [0.4, 0.5) is 0 Å². The fourth-order valence-corrected chi connectivity index (χ4v) is 0.987. The van der Waals surface area contributed by atoms with Gasteiger partial charge in [-0.05, 0) is 0 Å². The van der Waals surface area contributed by atoms with Crippen LogP contribution in [-0.4, -0.2) is 53.6 Å². The Labute approximate surface area is 64.2 Å². The maximum Gasteiger partial charge on any atom is 0.185 e. The van der Waals surface area contributed by atoms with Gasteiger partial charge in [0.15, 0.2) is 6.29 Å². The molecule has 3 N–H and O–H groups in total. The van der Waals surface area contributed by atoms with Gasteiger partial charge in [-0.1, -0.05) is 0 Å². The molecule has 0 spiro atoms. The van der Waals surface area contributed by atoms with Crippen molar-refractivity contribution in [2.45, 2.75) is 24.6 Å². The van der Waals surface area contributed by atoms with Crippen molar-refractivity contribution in [2.75, 3.05) is 13.7 Å². The summed E-state index contributed by atoms with van der Waals surface area (Å²) in [6.45, 7) is -0.0171. The van der Waals surface area contributed by atoms with Crippen LogP contribution < -0.4 is 0 Å². The third-order valence-corrected chi connectivity index (χ3v) is 1.69. The summed E-state index contributed by atoms with van der Waals surface area (Å²) < 4.78 is 9.52. The quantitative estimate of drug-likeness (QED) is 0.420. The van der Waals surface area contributed by atoms with Crippen molar-refractivity contribution >= 4 is 0 Å². The van der Waals surface area contributed by atoms with Gasteiger partial charge in [0.1, 0.15) is 18.3 Å². The Hall–Kier alpha value is -0.200. The second-order valence-corrected chi connectivity index (χ2v) is 2.49. The van der Waals surface area contributed by atoms with Gasteiger partial charge < -0.3 is 24.8 Å². The molecule has 0 aromatic rings. The van der Waals surface area contributed by atoms with Crippen molar-refractivity contribution in [3.05, 3.63) is 0 Å². The molecule has 11 heavy (non-hydrogen) atoms. The topological polar surface area (TPSA) is 79.2 Å². The normalized spacial score (nSPS) is 45.8. The number of hydrogen-bond donors (Lipinski definition) is 3.